The molecule has 166 valence electrons. The molecule has 1 aliphatic rings. The van der Waals surface area contributed by atoms with Crippen molar-refractivity contribution < 1.29 is 27.5 Å². The number of carbonyl (C=O) groups excluding carboxylic acids is 2. The fourth-order valence-corrected chi connectivity index (χ4v) is 3.64. The van der Waals surface area contributed by atoms with Crippen molar-refractivity contribution in [1.82, 2.24) is 9.80 Å². The lowest BCUT2D eigenvalue weighted by Gasteiger charge is -2.34. The number of hydrogen-bond acceptors (Lipinski definition) is 3. The van der Waals surface area contributed by atoms with Crippen LogP contribution >= 0.6 is 0 Å². The maximum atomic E-state index is 12.7. The zero-order valence-electron chi connectivity index (χ0n) is 17.1. The molecule has 0 radical (unpaired) electrons. The standard InChI is InChI=1S/C24H21F3N2O3/c25-24(26,27)20-8-5-18(6-9-20)23(31)29-13-11-28(12-14-29)22(30)16-32-21-10-7-17-3-1-2-4-19(17)15-21/h1-10,15H,11-14,16H2. The van der Waals surface area contributed by atoms with Gasteiger partial charge in [-0.2, -0.15) is 13.2 Å². The Morgan fingerprint density at radius 1 is 0.812 bits per heavy atom. The van der Waals surface area contributed by atoms with Crippen molar-refractivity contribution in [2.24, 2.45) is 0 Å². The van der Waals surface area contributed by atoms with Crippen molar-refractivity contribution in [2.45, 2.75) is 6.18 Å². The van der Waals surface area contributed by atoms with Gasteiger partial charge in [-0.1, -0.05) is 30.3 Å². The zero-order chi connectivity index (χ0) is 22.7. The fourth-order valence-electron chi connectivity index (χ4n) is 3.64. The van der Waals surface area contributed by atoms with Gasteiger partial charge in [0.15, 0.2) is 6.61 Å². The Morgan fingerprint density at radius 3 is 2.09 bits per heavy atom. The summed E-state index contributed by atoms with van der Waals surface area (Å²) in [6.07, 6.45) is -4.44. The third-order valence-electron chi connectivity index (χ3n) is 5.46. The third-order valence-corrected chi connectivity index (χ3v) is 5.46. The molecule has 1 heterocycles. The highest BCUT2D eigenvalue weighted by atomic mass is 19.4. The summed E-state index contributed by atoms with van der Waals surface area (Å²) in [4.78, 5) is 28.2. The van der Waals surface area contributed by atoms with E-state index in [0.29, 0.717) is 31.9 Å². The van der Waals surface area contributed by atoms with Crippen LogP contribution in [0.5, 0.6) is 5.75 Å². The third kappa shape index (κ3) is 4.85. The van der Waals surface area contributed by atoms with E-state index >= 15 is 0 Å². The van der Waals surface area contributed by atoms with Crippen LogP contribution in [0.1, 0.15) is 15.9 Å². The molecule has 3 aromatic rings. The molecule has 0 unspecified atom stereocenters. The molecule has 0 atom stereocenters. The highest BCUT2D eigenvalue weighted by Gasteiger charge is 2.31. The van der Waals surface area contributed by atoms with Crippen molar-refractivity contribution in [1.29, 1.82) is 0 Å². The van der Waals surface area contributed by atoms with E-state index in [4.69, 9.17) is 4.74 Å². The summed E-state index contributed by atoms with van der Waals surface area (Å²) < 4.78 is 43.7. The Bertz CT molecular complexity index is 1120. The molecule has 0 bridgehead atoms. The van der Waals surface area contributed by atoms with Gasteiger partial charge >= 0.3 is 6.18 Å². The number of hydrogen-bond donors (Lipinski definition) is 0. The molecule has 0 spiro atoms. The van der Waals surface area contributed by atoms with Gasteiger partial charge in [0.05, 0.1) is 5.56 Å². The Morgan fingerprint density at radius 2 is 1.44 bits per heavy atom. The van der Waals surface area contributed by atoms with E-state index in [2.05, 4.69) is 0 Å². The number of ether oxygens (including phenoxy) is 1. The highest BCUT2D eigenvalue weighted by molar-refractivity contribution is 5.94. The lowest BCUT2D eigenvalue weighted by atomic mass is 10.1. The minimum Gasteiger partial charge on any atom is -0.484 e. The molecule has 2 amide bonds. The van der Waals surface area contributed by atoms with E-state index < -0.39 is 11.7 Å². The summed E-state index contributed by atoms with van der Waals surface area (Å²) in [6, 6.07) is 17.6. The summed E-state index contributed by atoms with van der Waals surface area (Å²) in [6.45, 7) is 1.19. The molecular formula is C24H21F3N2O3. The molecule has 3 aromatic carbocycles. The van der Waals surface area contributed by atoms with E-state index in [1.807, 2.05) is 42.5 Å². The zero-order valence-corrected chi connectivity index (χ0v) is 17.1. The number of halogens is 3. The molecule has 0 saturated carbocycles. The van der Waals surface area contributed by atoms with Crippen LogP contribution in [0.4, 0.5) is 13.2 Å². The highest BCUT2D eigenvalue weighted by Crippen LogP contribution is 2.29. The predicted molar refractivity (Wildman–Crippen MR) is 113 cm³/mol. The number of benzene rings is 3. The lowest BCUT2D eigenvalue weighted by molar-refractivity contribution is -0.137. The second kappa shape index (κ2) is 8.90. The van der Waals surface area contributed by atoms with E-state index in [1.165, 1.54) is 17.0 Å². The van der Waals surface area contributed by atoms with Crippen LogP contribution in [-0.4, -0.2) is 54.4 Å². The molecule has 0 N–H and O–H groups in total. The number of fused-ring (bicyclic) bond motifs is 1. The maximum Gasteiger partial charge on any atom is 0.416 e. The van der Waals surface area contributed by atoms with Gasteiger partial charge in [-0.15, -0.1) is 0 Å². The van der Waals surface area contributed by atoms with E-state index in [1.54, 1.807) is 4.90 Å². The van der Waals surface area contributed by atoms with Crippen LogP contribution in [0.25, 0.3) is 10.8 Å². The van der Waals surface area contributed by atoms with Gasteiger partial charge in [0, 0.05) is 31.7 Å². The molecule has 1 aliphatic heterocycles. The first kappa shape index (κ1) is 21.7. The van der Waals surface area contributed by atoms with E-state index in [0.717, 1.165) is 22.9 Å². The minimum absolute atomic E-state index is 0.106. The van der Waals surface area contributed by atoms with Crippen LogP contribution < -0.4 is 4.74 Å². The van der Waals surface area contributed by atoms with Crippen LogP contribution in [-0.2, 0) is 11.0 Å². The Balaban J connectivity index is 1.28. The van der Waals surface area contributed by atoms with Crippen molar-refractivity contribution in [3.05, 3.63) is 77.9 Å². The van der Waals surface area contributed by atoms with Crippen molar-refractivity contribution in [3.63, 3.8) is 0 Å². The molecule has 1 saturated heterocycles. The first-order valence-corrected chi connectivity index (χ1v) is 10.2. The Hall–Kier alpha value is -3.55. The first-order valence-electron chi connectivity index (χ1n) is 10.2. The number of piperazine rings is 1. The van der Waals surface area contributed by atoms with E-state index in [9.17, 15) is 22.8 Å². The summed E-state index contributed by atoms with van der Waals surface area (Å²) >= 11 is 0. The second-order valence-corrected chi connectivity index (χ2v) is 7.55. The van der Waals surface area contributed by atoms with Gasteiger partial charge in [0.1, 0.15) is 5.75 Å². The van der Waals surface area contributed by atoms with Crippen molar-refractivity contribution >= 4 is 22.6 Å². The minimum atomic E-state index is -4.44. The molecule has 1 fully saturated rings. The summed E-state index contributed by atoms with van der Waals surface area (Å²) in [5.41, 5.74) is -0.603. The van der Waals surface area contributed by atoms with E-state index in [-0.39, 0.29) is 24.0 Å². The summed E-state index contributed by atoms with van der Waals surface area (Å²) in [7, 11) is 0. The lowest BCUT2D eigenvalue weighted by Crippen LogP contribution is -2.51. The number of rotatable bonds is 4. The van der Waals surface area contributed by atoms with Gasteiger partial charge in [0.2, 0.25) is 0 Å². The molecule has 0 aromatic heterocycles. The number of nitrogens with zero attached hydrogens (tertiary/aromatic N) is 2. The number of carbonyl (C=O) groups is 2. The average molecular weight is 442 g/mol. The van der Waals surface area contributed by atoms with Crippen LogP contribution in [0.3, 0.4) is 0 Å². The van der Waals surface area contributed by atoms with Crippen molar-refractivity contribution in [2.75, 3.05) is 32.8 Å². The monoisotopic (exact) mass is 442 g/mol. The summed E-state index contributed by atoms with van der Waals surface area (Å²) in [5.74, 6) is 0.0752. The van der Waals surface area contributed by atoms with Crippen LogP contribution in [0.15, 0.2) is 66.7 Å². The predicted octanol–water partition coefficient (Wildman–Crippen LogP) is 4.22. The second-order valence-electron chi connectivity index (χ2n) is 7.55. The first-order chi connectivity index (χ1) is 15.3. The molecule has 4 rings (SSSR count). The molecule has 5 nitrogen and oxygen atoms in total. The normalized spacial score (nSPS) is 14.5. The Labute approximate surface area is 183 Å². The van der Waals surface area contributed by atoms with Gasteiger partial charge in [0.25, 0.3) is 11.8 Å². The molecular weight excluding hydrogens is 421 g/mol. The van der Waals surface area contributed by atoms with Gasteiger partial charge in [-0.25, -0.2) is 0 Å². The summed E-state index contributed by atoms with van der Waals surface area (Å²) in [5, 5.41) is 2.10. The van der Waals surface area contributed by atoms with Crippen LogP contribution in [0.2, 0.25) is 0 Å². The quantitative estimate of drug-likeness (QED) is 0.608. The van der Waals surface area contributed by atoms with Crippen molar-refractivity contribution in [3.8, 4) is 5.75 Å². The smallest absolute Gasteiger partial charge is 0.416 e. The molecule has 32 heavy (non-hydrogen) atoms. The van der Waals surface area contributed by atoms with Gasteiger partial charge < -0.3 is 14.5 Å². The molecule has 8 heteroatoms. The maximum absolute atomic E-state index is 12.7. The topological polar surface area (TPSA) is 49.9 Å². The number of amides is 2. The van der Waals surface area contributed by atoms with Crippen LogP contribution in [0, 0.1) is 0 Å². The average Bonchev–Trinajstić information content (AvgIpc) is 2.81. The number of alkyl halides is 3. The Kier molecular flexibility index (Phi) is 6.03. The largest absolute Gasteiger partial charge is 0.484 e. The SMILES string of the molecule is O=C(COc1ccc2ccccc2c1)N1CCN(C(=O)c2ccc(C(F)(F)F)cc2)CC1. The molecule has 0 aliphatic carbocycles. The fraction of sp³-hybridized carbons (Fsp3) is 0.250. The van der Waals surface area contributed by atoms with Gasteiger partial charge in [-0.05, 0) is 47.2 Å². The van der Waals surface area contributed by atoms with Gasteiger partial charge in [-0.3, -0.25) is 9.59 Å².